The second-order valence-electron chi connectivity index (χ2n) is 3.27. The molecule has 0 amide bonds. The smallest absolute Gasteiger partial charge is 0.136 e. The summed E-state index contributed by atoms with van der Waals surface area (Å²) in [4.78, 5) is 4.30. The maximum Gasteiger partial charge on any atom is 0.136 e. The fraction of sp³-hybridized carbons (Fsp3) is 0.0833. The highest BCUT2D eigenvalue weighted by Gasteiger charge is 2.01. The molecular formula is C12H10ClN. The van der Waals surface area contributed by atoms with Crippen LogP contribution in [0.15, 0.2) is 30.8 Å². The summed E-state index contributed by atoms with van der Waals surface area (Å²) in [6.07, 6.45) is 1.72. The third-order valence-corrected chi connectivity index (χ3v) is 2.48. The van der Waals surface area contributed by atoms with Gasteiger partial charge in [-0.2, -0.15) is 0 Å². The fourth-order valence-electron chi connectivity index (χ4n) is 1.41. The van der Waals surface area contributed by atoms with E-state index in [9.17, 15) is 0 Å². The minimum absolute atomic E-state index is 0.512. The first-order chi connectivity index (χ1) is 6.70. The molecule has 14 heavy (non-hydrogen) atoms. The lowest BCUT2D eigenvalue weighted by Gasteiger charge is -2.02. The van der Waals surface area contributed by atoms with E-state index in [0.717, 1.165) is 16.5 Å². The molecule has 2 heteroatoms. The van der Waals surface area contributed by atoms with Crippen molar-refractivity contribution in [3.8, 4) is 0 Å². The summed E-state index contributed by atoms with van der Waals surface area (Å²) in [7, 11) is 0. The van der Waals surface area contributed by atoms with Crippen LogP contribution in [-0.4, -0.2) is 4.98 Å². The van der Waals surface area contributed by atoms with E-state index in [-0.39, 0.29) is 0 Å². The molecule has 0 saturated heterocycles. The number of hydrogen-bond acceptors (Lipinski definition) is 1. The van der Waals surface area contributed by atoms with Gasteiger partial charge in [0.1, 0.15) is 5.15 Å². The number of pyridine rings is 1. The van der Waals surface area contributed by atoms with Crippen molar-refractivity contribution in [1.29, 1.82) is 0 Å². The summed E-state index contributed by atoms with van der Waals surface area (Å²) in [5.41, 5.74) is 3.00. The van der Waals surface area contributed by atoms with Crippen LogP contribution in [0.25, 0.3) is 17.0 Å². The molecular weight excluding hydrogens is 194 g/mol. The summed E-state index contributed by atoms with van der Waals surface area (Å²) >= 11 is 5.97. The third-order valence-electron chi connectivity index (χ3n) is 2.17. The Kier molecular flexibility index (Phi) is 2.26. The average Bonchev–Trinajstić information content (AvgIpc) is 2.16. The summed E-state index contributed by atoms with van der Waals surface area (Å²) in [6.45, 7) is 5.73. The van der Waals surface area contributed by atoms with Crippen LogP contribution >= 0.6 is 11.6 Å². The lowest BCUT2D eigenvalue weighted by molar-refractivity contribution is 1.37. The zero-order valence-electron chi connectivity index (χ0n) is 7.92. The van der Waals surface area contributed by atoms with Crippen molar-refractivity contribution in [2.45, 2.75) is 6.92 Å². The summed E-state index contributed by atoms with van der Waals surface area (Å²) in [6, 6.07) is 8.12. The number of benzene rings is 1. The molecule has 0 atom stereocenters. The standard InChI is InChI=1S/C12H10ClN/c1-3-9-7-10-5-4-8(2)6-11(10)14-12(9)13/h3-7H,1H2,2H3. The number of nitrogens with zero attached hydrogens (tertiary/aromatic N) is 1. The van der Waals surface area contributed by atoms with Crippen molar-refractivity contribution in [2.24, 2.45) is 0 Å². The van der Waals surface area contributed by atoms with Crippen molar-refractivity contribution in [2.75, 3.05) is 0 Å². The maximum absolute atomic E-state index is 5.97. The van der Waals surface area contributed by atoms with E-state index in [1.54, 1.807) is 6.08 Å². The van der Waals surface area contributed by atoms with Gasteiger partial charge >= 0.3 is 0 Å². The zero-order valence-corrected chi connectivity index (χ0v) is 8.67. The van der Waals surface area contributed by atoms with Crippen LogP contribution in [-0.2, 0) is 0 Å². The topological polar surface area (TPSA) is 12.9 Å². The van der Waals surface area contributed by atoms with E-state index < -0.39 is 0 Å². The van der Waals surface area contributed by atoms with E-state index in [1.165, 1.54) is 5.56 Å². The summed E-state index contributed by atoms with van der Waals surface area (Å²) in [5.74, 6) is 0. The highest BCUT2D eigenvalue weighted by Crippen LogP contribution is 2.21. The SMILES string of the molecule is C=Cc1cc2ccc(C)cc2nc1Cl. The van der Waals surface area contributed by atoms with Gasteiger partial charge in [-0.25, -0.2) is 4.98 Å². The number of aryl methyl sites for hydroxylation is 1. The monoisotopic (exact) mass is 203 g/mol. The first-order valence-electron chi connectivity index (χ1n) is 4.40. The number of fused-ring (bicyclic) bond motifs is 1. The molecule has 2 aromatic rings. The Morgan fingerprint density at radius 1 is 1.36 bits per heavy atom. The van der Waals surface area contributed by atoms with Gasteiger partial charge < -0.3 is 0 Å². The molecule has 0 aliphatic carbocycles. The lowest BCUT2D eigenvalue weighted by Crippen LogP contribution is -1.85. The summed E-state index contributed by atoms with van der Waals surface area (Å²) < 4.78 is 0. The molecule has 1 aromatic heterocycles. The molecule has 0 bridgehead atoms. The quantitative estimate of drug-likeness (QED) is 0.642. The Morgan fingerprint density at radius 3 is 2.86 bits per heavy atom. The first kappa shape index (κ1) is 9.22. The Morgan fingerprint density at radius 2 is 2.14 bits per heavy atom. The van der Waals surface area contributed by atoms with Crippen molar-refractivity contribution >= 4 is 28.6 Å². The highest BCUT2D eigenvalue weighted by atomic mass is 35.5. The van der Waals surface area contributed by atoms with Gasteiger partial charge in [0, 0.05) is 10.9 Å². The van der Waals surface area contributed by atoms with Crippen molar-refractivity contribution in [1.82, 2.24) is 4.98 Å². The molecule has 0 spiro atoms. The molecule has 0 aliphatic heterocycles. The van der Waals surface area contributed by atoms with Gasteiger partial charge in [0.25, 0.3) is 0 Å². The van der Waals surface area contributed by atoms with Crippen molar-refractivity contribution < 1.29 is 0 Å². The average molecular weight is 204 g/mol. The molecule has 70 valence electrons. The number of hydrogen-bond donors (Lipinski definition) is 0. The molecule has 1 heterocycles. The molecule has 0 fully saturated rings. The Balaban J connectivity index is 2.79. The lowest BCUT2D eigenvalue weighted by atomic mass is 10.1. The fourth-order valence-corrected chi connectivity index (χ4v) is 1.64. The zero-order chi connectivity index (χ0) is 10.1. The predicted octanol–water partition coefficient (Wildman–Crippen LogP) is 3.84. The summed E-state index contributed by atoms with van der Waals surface area (Å²) in [5, 5.41) is 1.60. The Labute approximate surface area is 88.0 Å². The van der Waals surface area contributed by atoms with Gasteiger partial charge in [0.05, 0.1) is 5.52 Å². The molecule has 0 saturated carbocycles. The van der Waals surface area contributed by atoms with Crippen LogP contribution in [0, 0.1) is 6.92 Å². The molecule has 0 N–H and O–H groups in total. The van der Waals surface area contributed by atoms with Gasteiger partial charge in [-0.3, -0.25) is 0 Å². The van der Waals surface area contributed by atoms with Gasteiger partial charge in [-0.15, -0.1) is 0 Å². The molecule has 0 aliphatic rings. The van der Waals surface area contributed by atoms with E-state index in [0.29, 0.717) is 5.15 Å². The largest absolute Gasteiger partial charge is 0.235 e. The number of aromatic nitrogens is 1. The molecule has 1 aromatic carbocycles. The van der Waals surface area contributed by atoms with Crippen LogP contribution < -0.4 is 0 Å². The second kappa shape index (κ2) is 3.43. The molecule has 0 radical (unpaired) electrons. The van der Waals surface area contributed by atoms with Crippen molar-refractivity contribution in [3.05, 3.63) is 47.1 Å². The van der Waals surface area contributed by atoms with Crippen LogP contribution in [0.1, 0.15) is 11.1 Å². The predicted molar refractivity (Wildman–Crippen MR) is 61.6 cm³/mol. The van der Waals surface area contributed by atoms with Crippen LogP contribution in [0.3, 0.4) is 0 Å². The van der Waals surface area contributed by atoms with Gasteiger partial charge in [-0.05, 0) is 24.6 Å². The third kappa shape index (κ3) is 1.51. The Bertz CT molecular complexity index is 503. The van der Waals surface area contributed by atoms with Gasteiger partial charge in [0.2, 0.25) is 0 Å². The molecule has 1 nitrogen and oxygen atoms in total. The normalized spacial score (nSPS) is 10.4. The van der Waals surface area contributed by atoms with Gasteiger partial charge in [-0.1, -0.05) is 36.4 Å². The van der Waals surface area contributed by atoms with E-state index in [4.69, 9.17) is 11.6 Å². The maximum atomic E-state index is 5.97. The van der Waals surface area contributed by atoms with E-state index in [1.807, 2.05) is 25.1 Å². The van der Waals surface area contributed by atoms with Crippen LogP contribution in [0.5, 0.6) is 0 Å². The van der Waals surface area contributed by atoms with Crippen molar-refractivity contribution in [3.63, 3.8) is 0 Å². The number of rotatable bonds is 1. The Hall–Kier alpha value is -1.34. The van der Waals surface area contributed by atoms with E-state index in [2.05, 4.69) is 17.6 Å². The first-order valence-corrected chi connectivity index (χ1v) is 4.78. The number of halogens is 1. The van der Waals surface area contributed by atoms with Gasteiger partial charge in [0.15, 0.2) is 0 Å². The van der Waals surface area contributed by atoms with Crippen LogP contribution in [0.2, 0.25) is 5.15 Å². The highest BCUT2D eigenvalue weighted by molar-refractivity contribution is 6.31. The van der Waals surface area contributed by atoms with Crippen LogP contribution in [0.4, 0.5) is 0 Å². The van der Waals surface area contributed by atoms with E-state index >= 15 is 0 Å². The minimum Gasteiger partial charge on any atom is -0.235 e. The second-order valence-corrected chi connectivity index (χ2v) is 3.63. The molecule has 2 rings (SSSR count). The molecule has 0 unspecified atom stereocenters. The minimum atomic E-state index is 0.512.